The van der Waals surface area contributed by atoms with E-state index in [4.69, 9.17) is 22.1 Å². The van der Waals surface area contributed by atoms with Gasteiger partial charge in [-0.1, -0.05) is 23.7 Å². The minimum atomic E-state index is -3.89. The lowest BCUT2D eigenvalue weighted by atomic mass is 9.95. The standard InChI is InChI=1S/C29H23ClN6O7S/c1-3-43-29(38)26-25(19-6-12-22(13-7-19)36(39)40)24(16-31)28(37)35(27(26)32)33-17(2)18-4-10-21(11-5-18)34-44(41,42)23-14-8-20(30)9-15-23/h4-15,34H,3,32H2,1-2H3/b33-17+. The van der Waals surface area contributed by atoms with Crippen molar-refractivity contribution < 1.29 is 22.9 Å². The number of carbonyl (C=O) groups is 1. The molecule has 224 valence electrons. The number of nitro benzene ring substituents is 1. The second kappa shape index (κ2) is 12.8. The number of hydrogen-bond donors (Lipinski definition) is 2. The molecule has 44 heavy (non-hydrogen) atoms. The third kappa shape index (κ3) is 6.43. The molecule has 3 N–H and O–H groups in total. The number of nitrogens with one attached hydrogen (secondary N) is 1. The monoisotopic (exact) mass is 634 g/mol. The van der Waals surface area contributed by atoms with E-state index in [0.29, 0.717) is 15.3 Å². The van der Waals surface area contributed by atoms with Gasteiger partial charge in [0.05, 0.1) is 22.1 Å². The van der Waals surface area contributed by atoms with E-state index in [2.05, 4.69) is 9.82 Å². The van der Waals surface area contributed by atoms with Crippen LogP contribution in [0.3, 0.4) is 0 Å². The van der Waals surface area contributed by atoms with E-state index in [9.17, 15) is 33.4 Å². The number of nitriles is 1. The summed E-state index contributed by atoms with van der Waals surface area (Å²) in [6.45, 7) is 3.05. The number of sulfonamides is 1. The van der Waals surface area contributed by atoms with E-state index >= 15 is 0 Å². The smallest absolute Gasteiger partial charge is 0.342 e. The van der Waals surface area contributed by atoms with Gasteiger partial charge in [-0.05, 0) is 73.5 Å². The number of carbonyl (C=O) groups excluding carboxylic acids is 1. The van der Waals surface area contributed by atoms with Gasteiger partial charge in [0.2, 0.25) is 0 Å². The molecule has 0 unspecified atom stereocenters. The zero-order valence-electron chi connectivity index (χ0n) is 23.1. The van der Waals surface area contributed by atoms with Crippen LogP contribution in [0.5, 0.6) is 0 Å². The van der Waals surface area contributed by atoms with E-state index in [-0.39, 0.29) is 45.3 Å². The maximum Gasteiger partial charge on any atom is 0.342 e. The highest BCUT2D eigenvalue weighted by molar-refractivity contribution is 7.92. The van der Waals surface area contributed by atoms with Crippen LogP contribution in [0.4, 0.5) is 17.2 Å². The van der Waals surface area contributed by atoms with Crippen LogP contribution in [0.25, 0.3) is 11.1 Å². The SMILES string of the molecule is CCOC(=O)c1c(-c2ccc([N+](=O)[O-])cc2)c(C#N)c(=O)n(/N=C(\C)c2ccc(NS(=O)(=O)c3ccc(Cl)cc3)cc2)c1N. The first kappa shape index (κ1) is 31.4. The summed E-state index contributed by atoms with van der Waals surface area (Å²) in [4.78, 5) is 37.0. The third-order valence-electron chi connectivity index (χ3n) is 6.28. The van der Waals surface area contributed by atoms with Crippen molar-refractivity contribution in [3.8, 4) is 17.2 Å². The fraction of sp³-hybridized carbons (Fsp3) is 0.103. The summed E-state index contributed by atoms with van der Waals surface area (Å²) in [6.07, 6.45) is 0. The molecule has 0 amide bonds. The maximum atomic E-state index is 13.5. The van der Waals surface area contributed by atoms with E-state index in [0.717, 1.165) is 12.1 Å². The molecule has 1 aromatic heterocycles. The Kier molecular flexibility index (Phi) is 9.12. The first-order valence-corrected chi connectivity index (χ1v) is 14.6. The summed E-state index contributed by atoms with van der Waals surface area (Å²) in [5, 5.41) is 25.7. The topological polar surface area (TPSA) is 200 Å². The van der Waals surface area contributed by atoms with Crippen molar-refractivity contribution in [2.45, 2.75) is 18.7 Å². The van der Waals surface area contributed by atoms with E-state index in [1.54, 1.807) is 32.0 Å². The van der Waals surface area contributed by atoms with Crippen LogP contribution >= 0.6 is 11.6 Å². The first-order valence-electron chi connectivity index (χ1n) is 12.7. The Hall–Kier alpha value is -5.52. The molecule has 13 nitrogen and oxygen atoms in total. The van der Waals surface area contributed by atoms with Gasteiger partial charge in [0.1, 0.15) is 23.0 Å². The molecule has 1 heterocycles. The predicted molar refractivity (Wildman–Crippen MR) is 164 cm³/mol. The molecular weight excluding hydrogens is 612 g/mol. The lowest BCUT2D eigenvalue weighted by molar-refractivity contribution is -0.384. The van der Waals surface area contributed by atoms with Gasteiger partial charge in [0, 0.05) is 28.4 Å². The number of nitrogen functional groups attached to an aromatic ring is 1. The number of ether oxygens (including phenoxy) is 1. The fourth-order valence-corrected chi connectivity index (χ4v) is 5.33. The number of hydrogen-bond acceptors (Lipinski definition) is 10. The third-order valence-corrected chi connectivity index (χ3v) is 7.93. The molecule has 3 aromatic carbocycles. The molecule has 0 saturated heterocycles. The number of pyridine rings is 1. The molecule has 0 fully saturated rings. The first-order chi connectivity index (χ1) is 20.9. The predicted octanol–water partition coefficient (Wildman–Crippen LogP) is 4.78. The zero-order chi connectivity index (χ0) is 32.2. The van der Waals surface area contributed by atoms with Gasteiger partial charge in [-0.2, -0.15) is 15.0 Å². The van der Waals surface area contributed by atoms with Gasteiger partial charge in [-0.3, -0.25) is 19.6 Å². The van der Waals surface area contributed by atoms with Crippen LogP contribution < -0.4 is 16.0 Å². The molecule has 0 saturated carbocycles. The second-order valence-corrected chi connectivity index (χ2v) is 11.2. The molecule has 4 aromatic rings. The molecular formula is C29H23ClN6O7S. The molecule has 4 rings (SSSR count). The van der Waals surface area contributed by atoms with Crippen LogP contribution in [0.2, 0.25) is 5.02 Å². The zero-order valence-corrected chi connectivity index (χ0v) is 24.7. The molecule has 0 bridgehead atoms. The second-order valence-electron chi connectivity index (χ2n) is 9.09. The number of benzene rings is 3. The van der Waals surface area contributed by atoms with Crippen molar-refractivity contribution in [1.29, 1.82) is 5.26 Å². The van der Waals surface area contributed by atoms with Crippen molar-refractivity contribution >= 4 is 50.5 Å². The minimum Gasteiger partial charge on any atom is -0.462 e. The number of halogens is 1. The summed E-state index contributed by atoms with van der Waals surface area (Å²) < 4.78 is 33.7. The summed E-state index contributed by atoms with van der Waals surface area (Å²) in [5.74, 6) is -1.36. The Morgan fingerprint density at radius 3 is 2.27 bits per heavy atom. The van der Waals surface area contributed by atoms with E-state index < -0.39 is 37.9 Å². The molecule has 0 spiro atoms. The van der Waals surface area contributed by atoms with E-state index in [1.807, 2.05) is 0 Å². The summed E-state index contributed by atoms with van der Waals surface area (Å²) in [7, 11) is -3.89. The number of nitrogens with two attached hydrogens (primary N) is 1. The van der Waals surface area contributed by atoms with Gasteiger partial charge < -0.3 is 10.5 Å². The van der Waals surface area contributed by atoms with Gasteiger partial charge >= 0.3 is 5.97 Å². The summed E-state index contributed by atoms with van der Waals surface area (Å²) >= 11 is 5.84. The van der Waals surface area contributed by atoms with Gasteiger partial charge in [-0.25, -0.2) is 13.2 Å². The maximum absolute atomic E-state index is 13.5. The Morgan fingerprint density at radius 1 is 1.11 bits per heavy atom. The summed E-state index contributed by atoms with van der Waals surface area (Å²) in [6, 6.07) is 18.4. The largest absolute Gasteiger partial charge is 0.462 e. The molecule has 0 aliphatic carbocycles. The Bertz CT molecular complexity index is 2000. The summed E-state index contributed by atoms with van der Waals surface area (Å²) in [5.41, 5.74) is 5.24. The quantitative estimate of drug-likeness (QED) is 0.112. The Labute approximate surface area is 256 Å². The highest BCUT2D eigenvalue weighted by atomic mass is 35.5. The Morgan fingerprint density at radius 2 is 1.73 bits per heavy atom. The molecule has 0 atom stereocenters. The van der Waals surface area contributed by atoms with Crippen LogP contribution in [-0.4, -0.2) is 36.3 Å². The Balaban J connectivity index is 1.77. The molecule has 15 heteroatoms. The van der Waals surface area contributed by atoms with Gasteiger partial charge in [0.15, 0.2) is 0 Å². The number of anilines is 2. The van der Waals surface area contributed by atoms with Crippen molar-refractivity contribution in [2.24, 2.45) is 5.10 Å². The lowest BCUT2D eigenvalue weighted by Crippen LogP contribution is -2.28. The van der Waals surface area contributed by atoms with Gasteiger partial charge in [0.25, 0.3) is 21.3 Å². The highest BCUT2D eigenvalue weighted by Crippen LogP contribution is 2.32. The fourth-order valence-electron chi connectivity index (χ4n) is 4.15. The van der Waals surface area contributed by atoms with Gasteiger partial charge in [-0.15, -0.1) is 0 Å². The van der Waals surface area contributed by atoms with Crippen LogP contribution in [0, 0.1) is 21.4 Å². The van der Waals surface area contributed by atoms with Crippen molar-refractivity contribution in [2.75, 3.05) is 17.1 Å². The number of rotatable bonds is 9. The van der Waals surface area contributed by atoms with E-state index in [1.165, 1.54) is 48.5 Å². The number of nitrogens with zero attached hydrogens (tertiary/aromatic N) is 4. The van der Waals surface area contributed by atoms with Crippen molar-refractivity contribution in [3.63, 3.8) is 0 Å². The number of non-ortho nitro benzene ring substituents is 1. The molecule has 0 radical (unpaired) electrons. The normalized spacial score (nSPS) is 11.5. The van der Waals surface area contributed by atoms with Crippen LogP contribution in [-0.2, 0) is 14.8 Å². The lowest BCUT2D eigenvalue weighted by Gasteiger charge is -2.16. The van der Waals surface area contributed by atoms with Crippen molar-refractivity contribution in [3.05, 3.63) is 115 Å². The average Bonchev–Trinajstić information content (AvgIpc) is 2.99. The van der Waals surface area contributed by atoms with Crippen molar-refractivity contribution in [1.82, 2.24) is 4.68 Å². The number of esters is 1. The number of nitro groups is 1. The molecule has 0 aliphatic rings. The average molecular weight is 635 g/mol. The van der Waals surface area contributed by atoms with Crippen LogP contribution in [0.15, 0.2) is 87.6 Å². The highest BCUT2D eigenvalue weighted by Gasteiger charge is 2.28. The minimum absolute atomic E-state index is 0.0152. The van der Waals surface area contributed by atoms with Crippen LogP contribution in [0.1, 0.15) is 35.3 Å². The molecule has 0 aliphatic heterocycles. The number of aromatic nitrogens is 1.